The summed E-state index contributed by atoms with van der Waals surface area (Å²) in [7, 11) is 1.63. The van der Waals surface area contributed by atoms with Crippen molar-refractivity contribution in [1.29, 1.82) is 0 Å². The first-order valence-electron chi connectivity index (χ1n) is 4.85. The van der Waals surface area contributed by atoms with Gasteiger partial charge in [0.25, 0.3) is 0 Å². The molecule has 0 heterocycles. The average Bonchev–Trinajstić information content (AvgIpc) is 2.89. The monoisotopic (exact) mass is 289 g/mol. The zero-order valence-corrected chi connectivity index (χ0v) is 10.9. The first-order valence-corrected chi connectivity index (χ1v) is 6.02. The molecule has 1 fully saturated rings. The van der Waals surface area contributed by atoms with Crippen molar-refractivity contribution < 1.29 is 4.74 Å². The third kappa shape index (κ3) is 2.47. The van der Waals surface area contributed by atoms with Gasteiger partial charge in [-0.2, -0.15) is 0 Å². The third-order valence-electron chi connectivity index (χ3n) is 2.76. The molecule has 1 aromatic carbocycles. The fourth-order valence-electron chi connectivity index (χ4n) is 1.58. The van der Waals surface area contributed by atoms with E-state index >= 15 is 0 Å². The van der Waals surface area contributed by atoms with Crippen LogP contribution in [0.15, 0.2) is 16.6 Å². The summed E-state index contributed by atoms with van der Waals surface area (Å²) in [6.45, 7) is 0. The van der Waals surface area contributed by atoms with E-state index in [1.165, 1.54) is 0 Å². The van der Waals surface area contributed by atoms with E-state index in [1.807, 2.05) is 12.1 Å². The Labute approximate surface area is 103 Å². The molecular weight excluding hydrogens is 277 g/mol. The summed E-state index contributed by atoms with van der Waals surface area (Å²) >= 11 is 9.60. The van der Waals surface area contributed by atoms with Crippen molar-refractivity contribution in [2.45, 2.75) is 24.8 Å². The van der Waals surface area contributed by atoms with Gasteiger partial charge < -0.3 is 10.5 Å². The van der Waals surface area contributed by atoms with E-state index in [2.05, 4.69) is 15.9 Å². The van der Waals surface area contributed by atoms with Gasteiger partial charge in [0.2, 0.25) is 0 Å². The Morgan fingerprint density at radius 1 is 1.53 bits per heavy atom. The van der Waals surface area contributed by atoms with E-state index in [0.29, 0.717) is 0 Å². The molecule has 0 amide bonds. The number of hydrogen-bond acceptors (Lipinski definition) is 2. The lowest BCUT2D eigenvalue weighted by atomic mass is 10.0. The van der Waals surface area contributed by atoms with Gasteiger partial charge in [0.05, 0.1) is 11.6 Å². The molecule has 1 aromatic rings. The van der Waals surface area contributed by atoms with Crippen molar-refractivity contribution in [3.8, 4) is 5.75 Å². The molecule has 0 unspecified atom stereocenters. The van der Waals surface area contributed by atoms with Crippen LogP contribution in [0.3, 0.4) is 0 Å². The van der Waals surface area contributed by atoms with Crippen molar-refractivity contribution in [1.82, 2.24) is 0 Å². The Morgan fingerprint density at radius 2 is 2.20 bits per heavy atom. The molecule has 2 nitrogen and oxygen atoms in total. The summed E-state index contributed by atoms with van der Waals surface area (Å²) in [4.78, 5) is 0. The zero-order valence-electron chi connectivity index (χ0n) is 8.52. The van der Waals surface area contributed by atoms with E-state index in [4.69, 9.17) is 22.1 Å². The maximum absolute atomic E-state index is 6.16. The lowest BCUT2D eigenvalue weighted by molar-refractivity contribution is 0.412. The minimum Gasteiger partial charge on any atom is -0.496 e. The number of rotatable bonds is 3. The highest BCUT2D eigenvalue weighted by molar-refractivity contribution is 9.10. The SMILES string of the molecule is COc1cc(Cl)c(CC2(N)CC2)cc1Br. The van der Waals surface area contributed by atoms with Gasteiger partial charge in [0.1, 0.15) is 5.75 Å². The van der Waals surface area contributed by atoms with Crippen LogP contribution in [0.1, 0.15) is 18.4 Å². The lowest BCUT2D eigenvalue weighted by Gasteiger charge is -2.12. The number of nitrogens with two attached hydrogens (primary N) is 1. The Bertz CT molecular complexity index is 390. The summed E-state index contributed by atoms with van der Waals surface area (Å²) in [5.41, 5.74) is 7.13. The molecule has 0 bridgehead atoms. The standard InChI is InChI=1S/C11H13BrClNO/c1-15-10-5-9(13)7(4-8(10)12)6-11(14)2-3-11/h4-5H,2-3,6,14H2,1H3. The molecule has 0 saturated heterocycles. The quantitative estimate of drug-likeness (QED) is 0.928. The molecule has 0 radical (unpaired) electrons. The minimum atomic E-state index is -0.0162. The number of hydrogen-bond donors (Lipinski definition) is 1. The Hall–Kier alpha value is -0.250. The summed E-state index contributed by atoms with van der Waals surface area (Å²) < 4.78 is 6.09. The van der Waals surface area contributed by atoms with Crippen LogP contribution in [-0.2, 0) is 6.42 Å². The first-order chi connectivity index (χ1) is 7.04. The van der Waals surface area contributed by atoms with E-state index in [1.54, 1.807) is 7.11 Å². The fraction of sp³-hybridized carbons (Fsp3) is 0.455. The fourth-order valence-corrected chi connectivity index (χ4v) is 2.35. The smallest absolute Gasteiger partial charge is 0.134 e. The highest BCUT2D eigenvalue weighted by atomic mass is 79.9. The molecule has 1 saturated carbocycles. The number of methoxy groups -OCH3 is 1. The topological polar surface area (TPSA) is 35.2 Å². The van der Waals surface area contributed by atoms with Gasteiger partial charge in [-0.15, -0.1) is 0 Å². The van der Waals surface area contributed by atoms with Gasteiger partial charge in [-0.05, 0) is 46.8 Å². The molecule has 1 aliphatic rings. The normalized spacial score (nSPS) is 17.6. The summed E-state index contributed by atoms with van der Waals surface area (Å²) in [5.74, 6) is 0.755. The summed E-state index contributed by atoms with van der Waals surface area (Å²) in [6, 6.07) is 3.82. The van der Waals surface area contributed by atoms with Gasteiger partial charge in [-0.3, -0.25) is 0 Å². The minimum absolute atomic E-state index is 0.0162. The third-order valence-corrected chi connectivity index (χ3v) is 3.73. The molecule has 2 rings (SSSR count). The maximum Gasteiger partial charge on any atom is 0.134 e. The summed E-state index contributed by atoms with van der Waals surface area (Å²) in [6.07, 6.45) is 3.02. The van der Waals surface area contributed by atoms with Gasteiger partial charge in [0.15, 0.2) is 0 Å². The van der Waals surface area contributed by atoms with Crippen LogP contribution in [-0.4, -0.2) is 12.6 Å². The second-order valence-corrected chi connectivity index (χ2v) is 5.38. The average molecular weight is 291 g/mol. The van der Waals surface area contributed by atoms with Gasteiger partial charge in [-0.1, -0.05) is 11.6 Å². The molecule has 0 aliphatic heterocycles. The van der Waals surface area contributed by atoms with Crippen LogP contribution in [0.25, 0.3) is 0 Å². The summed E-state index contributed by atoms with van der Waals surface area (Å²) in [5, 5.41) is 0.728. The number of halogens is 2. The van der Waals surface area contributed by atoms with Crippen molar-refractivity contribution >= 4 is 27.5 Å². The molecule has 0 atom stereocenters. The number of ether oxygens (including phenoxy) is 1. The van der Waals surface area contributed by atoms with Crippen LogP contribution in [0.4, 0.5) is 0 Å². The molecule has 15 heavy (non-hydrogen) atoms. The molecule has 0 aromatic heterocycles. The maximum atomic E-state index is 6.16. The number of benzene rings is 1. The molecular formula is C11H13BrClNO. The molecule has 82 valence electrons. The Kier molecular flexibility index (Phi) is 2.97. The Morgan fingerprint density at radius 3 is 2.73 bits per heavy atom. The van der Waals surface area contributed by atoms with E-state index in [0.717, 1.165) is 40.1 Å². The molecule has 2 N–H and O–H groups in total. The highest BCUT2D eigenvalue weighted by Gasteiger charge is 2.38. The lowest BCUT2D eigenvalue weighted by Crippen LogP contribution is -2.24. The van der Waals surface area contributed by atoms with E-state index in [9.17, 15) is 0 Å². The van der Waals surface area contributed by atoms with Crippen molar-refractivity contribution in [2.24, 2.45) is 5.73 Å². The predicted molar refractivity (Wildman–Crippen MR) is 65.6 cm³/mol. The molecule has 4 heteroatoms. The highest BCUT2D eigenvalue weighted by Crippen LogP contribution is 2.39. The first kappa shape index (κ1) is 11.2. The zero-order chi connectivity index (χ0) is 11.1. The van der Waals surface area contributed by atoms with Gasteiger partial charge in [0, 0.05) is 16.6 Å². The largest absolute Gasteiger partial charge is 0.496 e. The van der Waals surface area contributed by atoms with Gasteiger partial charge >= 0.3 is 0 Å². The van der Waals surface area contributed by atoms with Crippen molar-refractivity contribution in [2.75, 3.05) is 7.11 Å². The van der Waals surface area contributed by atoms with Crippen LogP contribution >= 0.6 is 27.5 Å². The van der Waals surface area contributed by atoms with Crippen LogP contribution < -0.4 is 10.5 Å². The second-order valence-electron chi connectivity index (χ2n) is 4.12. The van der Waals surface area contributed by atoms with Crippen molar-refractivity contribution in [3.05, 3.63) is 27.2 Å². The van der Waals surface area contributed by atoms with E-state index in [-0.39, 0.29) is 5.54 Å². The molecule has 1 aliphatic carbocycles. The van der Waals surface area contributed by atoms with E-state index < -0.39 is 0 Å². The predicted octanol–water partition coefficient (Wildman–Crippen LogP) is 3.14. The Balaban J connectivity index is 2.28. The van der Waals surface area contributed by atoms with Crippen LogP contribution in [0, 0.1) is 0 Å². The van der Waals surface area contributed by atoms with Gasteiger partial charge in [-0.25, -0.2) is 0 Å². The van der Waals surface area contributed by atoms with Crippen LogP contribution in [0.2, 0.25) is 5.02 Å². The molecule has 0 spiro atoms. The van der Waals surface area contributed by atoms with Crippen molar-refractivity contribution in [3.63, 3.8) is 0 Å². The second kappa shape index (κ2) is 3.96. The van der Waals surface area contributed by atoms with Crippen LogP contribution in [0.5, 0.6) is 5.75 Å².